The summed E-state index contributed by atoms with van der Waals surface area (Å²) in [6.45, 7) is 8.58. The van der Waals surface area contributed by atoms with E-state index in [1.165, 1.54) is 7.11 Å². The summed E-state index contributed by atoms with van der Waals surface area (Å²) in [6, 6.07) is -0.656. The second kappa shape index (κ2) is 7.68. The van der Waals surface area contributed by atoms with Gasteiger partial charge in [0.05, 0.1) is 18.8 Å². The highest BCUT2D eigenvalue weighted by Gasteiger charge is 2.37. The monoisotopic (exact) mass is 336 g/mol. The Morgan fingerprint density at radius 3 is 2.71 bits per heavy atom. The van der Waals surface area contributed by atoms with Gasteiger partial charge >= 0.3 is 6.09 Å². The predicted octanol–water partition coefficient (Wildman–Crippen LogP) is 2.32. The van der Waals surface area contributed by atoms with Gasteiger partial charge in [-0.15, -0.1) is 0 Å². The lowest BCUT2D eigenvalue weighted by Crippen LogP contribution is -2.51. The zero-order chi connectivity index (χ0) is 17.9. The van der Waals surface area contributed by atoms with Crippen molar-refractivity contribution in [2.75, 3.05) is 13.7 Å². The molecule has 2 atom stereocenters. The average Bonchev–Trinajstić information content (AvgIpc) is 3.17. The van der Waals surface area contributed by atoms with Crippen molar-refractivity contribution in [3.63, 3.8) is 0 Å². The molecule has 2 rings (SSSR count). The van der Waals surface area contributed by atoms with Crippen molar-refractivity contribution < 1.29 is 14.3 Å². The number of likely N-dealkylation sites (tertiary alicyclic amines) is 1. The van der Waals surface area contributed by atoms with Crippen LogP contribution < -0.4 is 5.32 Å². The Morgan fingerprint density at radius 2 is 2.17 bits per heavy atom. The largest absolute Gasteiger partial charge is 0.453 e. The van der Waals surface area contributed by atoms with Gasteiger partial charge in [-0.25, -0.2) is 9.78 Å². The highest BCUT2D eigenvalue weighted by molar-refractivity contribution is 5.86. The smallest absolute Gasteiger partial charge is 0.407 e. The quantitative estimate of drug-likeness (QED) is 0.864. The predicted molar refractivity (Wildman–Crippen MR) is 90.6 cm³/mol. The maximum Gasteiger partial charge on any atom is 0.407 e. The Morgan fingerprint density at radius 1 is 1.46 bits per heavy atom. The maximum atomic E-state index is 13.0. The third-order valence-corrected chi connectivity index (χ3v) is 4.58. The Kier molecular flexibility index (Phi) is 5.85. The van der Waals surface area contributed by atoms with E-state index in [9.17, 15) is 9.59 Å². The number of amides is 2. The molecule has 0 aromatic carbocycles. The van der Waals surface area contributed by atoms with Crippen LogP contribution in [0.3, 0.4) is 0 Å². The van der Waals surface area contributed by atoms with Crippen LogP contribution in [0.15, 0.2) is 0 Å². The molecule has 1 saturated heterocycles. The Hall–Kier alpha value is -2.05. The molecule has 0 aliphatic carbocycles. The third-order valence-electron chi connectivity index (χ3n) is 4.58. The Balaban J connectivity index is 2.20. The lowest BCUT2D eigenvalue weighted by atomic mass is 10.0. The van der Waals surface area contributed by atoms with Gasteiger partial charge in [0.25, 0.3) is 0 Å². The molecule has 1 aromatic rings. The van der Waals surface area contributed by atoms with Gasteiger partial charge in [0.2, 0.25) is 5.91 Å². The Labute approximate surface area is 143 Å². The van der Waals surface area contributed by atoms with Gasteiger partial charge in [0, 0.05) is 12.2 Å². The number of nitrogens with one attached hydrogen (secondary N) is 2. The fourth-order valence-electron chi connectivity index (χ4n) is 3.22. The summed E-state index contributed by atoms with van der Waals surface area (Å²) in [4.78, 5) is 34.4. The minimum Gasteiger partial charge on any atom is -0.453 e. The number of alkyl carbamates (subject to hydrolysis) is 1. The van der Waals surface area contributed by atoms with Crippen molar-refractivity contribution in [3.8, 4) is 0 Å². The second-order valence-electron chi connectivity index (χ2n) is 6.59. The number of aryl methyl sites for hydroxylation is 2. The topological polar surface area (TPSA) is 87.3 Å². The molecular weight excluding hydrogens is 308 g/mol. The molecule has 0 spiro atoms. The molecule has 2 heterocycles. The SMILES string of the molecule is CCc1nc(C2CCCN2C(=O)C(NC(=O)OC)C(C)C)[nH]c1C. The van der Waals surface area contributed by atoms with Crippen LogP contribution in [-0.2, 0) is 16.0 Å². The van der Waals surface area contributed by atoms with Gasteiger partial charge in [0.15, 0.2) is 0 Å². The highest BCUT2D eigenvalue weighted by atomic mass is 16.5. The number of nitrogens with zero attached hydrogens (tertiary/aromatic N) is 2. The van der Waals surface area contributed by atoms with E-state index < -0.39 is 12.1 Å². The number of hydrogen-bond donors (Lipinski definition) is 2. The molecule has 2 N–H and O–H groups in total. The minimum absolute atomic E-state index is 0.0256. The lowest BCUT2D eigenvalue weighted by molar-refractivity contribution is -0.135. The summed E-state index contributed by atoms with van der Waals surface area (Å²) >= 11 is 0. The van der Waals surface area contributed by atoms with Crippen LogP contribution in [0.1, 0.15) is 56.9 Å². The molecule has 2 amide bonds. The molecule has 0 radical (unpaired) electrons. The molecule has 134 valence electrons. The van der Waals surface area contributed by atoms with Crippen molar-refractivity contribution in [2.24, 2.45) is 5.92 Å². The van der Waals surface area contributed by atoms with E-state index in [2.05, 4.69) is 26.9 Å². The molecule has 1 aliphatic rings. The number of aromatic amines is 1. The number of aromatic nitrogens is 2. The van der Waals surface area contributed by atoms with Gasteiger partial charge in [-0.1, -0.05) is 20.8 Å². The van der Waals surface area contributed by atoms with Gasteiger partial charge in [-0.3, -0.25) is 4.79 Å². The zero-order valence-electron chi connectivity index (χ0n) is 15.2. The molecule has 0 saturated carbocycles. The van der Waals surface area contributed by atoms with Gasteiger partial charge in [-0.2, -0.15) is 0 Å². The highest BCUT2D eigenvalue weighted by Crippen LogP contribution is 2.32. The van der Waals surface area contributed by atoms with Crippen molar-refractivity contribution in [1.29, 1.82) is 0 Å². The number of hydrogen-bond acceptors (Lipinski definition) is 4. The molecule has 7 nitrogen and oxygen atoms in total. The number of methoxy groups -OCH3 is 1. The normalized spacial score (nSPS) is 18.8. The van der Waals surface area contributed by atoms with E-state index in [1.807, 2.05) is 25.7 Å². The van der Waals surface area contributed by atoms with Crippen molar-refractivity contribution in [1.82, 2.24) is 20.2 Å². The van der Waals surface area contributed by atoms with Crippen LogP contribution in [0, 0.1) is 12.8 Å². The fraction of sp³-hybridized carbons (Fsp3) is 0.706. The van der Waals surface area contributed by atoms with Gasteiger partial charge in [-0.05, 0) is 32.1 Å². The number of ether oxygens (including phenoxy) is 1. The van der Waals surface area contributed by atoms with Crippen molar-refractivity contribution in [2.45, 2.75) is 59.0 Å². The number of H-pyrrole nitrogens is 1. The van der Waals surface area contributed by atoms with Crippen LogP contribution in [0.25, 0.3) is 0 Å². The van der Waals surface area contributed by atoms with Crippen molar-refractivity contribution in [3.05, 3.63) is 17.2 Å². The summed E-state index contributed by atoms with van der Waals surface area (Å²) in [5.74, 6) is 0.739. The number of imidazole rings is 1. The summed E-state index contributed by atoms with van der Waals surface area (Å²) in [7, 11) is 1.30. The van der Waals surface area contributed by atoms with Crippen molar-refractivity contribution >= 4 is 12.0 Å². The molecule has 7 heteroatoms. The molecule has 0 bridgehead atoms. The minimum atomic E-state index is -0.597. The van der Waals surface area contributed by atoms with E-state index >= 15 is 0 Å². The first kappa shape index (κ1) is 18.3. The molecule has 2 unspecified atom stereocenters. The van der Waals surface area contributed by atoms with E-state index in [4.69, 9.17) is 0 Å². The first-order chi connectivity index (χ1) is 11.4. The standard InChI is InChI=1S/C17H28N4O3/c1-6-12-11(4)18-15(19-12)13-8-7-9-21(13)16(22)14(10(2)3)20-17(23)24-5/h10,13-14H,6-9H2,1-5H3,(H,18,19)(H,20,23). The third kappa shape index (κ3) is 3.71. The van der Waals surface area contributed by atoms with Crippen LogP contribution in [-0.4, -0.2) is 46.6 Å². The summed E-state index contributed by atoms with van der Waals surface area (Å²) in [6.07, 6.45) is 2.09. The van der Waals surface area contributed by atoms with Gasteiger partial charge < -0.3 is 19.9 Å². The average molecular weight is 336 g/mol. The fourth-order valence-corrected chi connectivity index (χ4v) is 3.22. The first-order valence-electron chi connectivity index (χ1n) is 8.59. The van der Waals surface area contributed by atoms with Crippen LogP contribution in [0.2, 0.25) is 0 Å². The molecule has 1 aromatic heterocycles. The van der Waals surface area contributed by atoms with E-state index in [0.717, 1.165) is 36.5 Å². The maximum absolute atomic E-state index is 13.0. The van der Waals surface area contributed by atoms with Crippen LogP contribution in [0.5, 0.6) is 0 Å². The molecule has 1 fully saturated rings. The van der Waals surface area contributed by atoms with Crippen LogP contribution >= 0.6 is 0 Å². The van der Waals surface area contributed by atoms with E-state index in [0.29, 0.717) is 6.54 Å². The zero-order valence-corrected chi connectivity index (χ0v) is 15.2. The Bertz CT molecular complexity index is 597. The first-order valence-corrected chi connectivity index (χ1v) is 8.59. The summed E-state index contributed by atoms with van der Waals surface area (Å²) < 4.78 is 4.65. The molecule has 1 aliphatic heterocycles. The lowest BCUT2D eigenvalue weighted by Gasteiger charge is -2.30. The van der Waals surface area contributed by atoms with E-state index in [1.54, 1.807) is 0 Å². The second-order valence-corrected chi connectivity index (χ2v) is 6.59. The number of rotatable bonds is 5. The number of carbonyl (C=O) groups is 2. The number of carbonyl (C=O) groups excluding carboxylic acids is 2. The van der Waals surface area contributed by atoms with Crippen LogP contribution in [0.4, 0.5) is 4.79 Å². The molecular formula is C17H28N4O3. The molecule has 24 heavy (non-hydrogen) atoms. The summed E-state index contributed by atoms with van der Waals surface area (Å²) in [5.41, 5.74) is 2.09. The van der Waals surface area contributed by atoms with Gasteiger partial charge in [0.1, 0.15) is 11.9 Å². The van der Waals surface area contributed by atoms with E-state index in [-0.39, 0.29) is 17.9 Å². The summed E-state index contributed by atoms with van der Waals surface area (Å²) in [5, 5.41) is 2.66.